The van der Waals surface area contributed by atoms with E-state index in [1.165, 1.54) is 30.3 Å². The summed E-state index contributed by atoms with van der Waals surface area (Å²) >= 11 is 0. The van der Waals surface area contributed by atoms with E-state index in [1.807, 2.05) is 0 Å². The summed E-state index contributed by atoms with van der Waals surface area (Å²) in [7, 11) is 0. The van der Waals surface area contributed by atoms with Gasteiger partial charge in [-0.1, -0.05) is 12.1 Å². The average molecular weight is 388 g/mol. The maximum Gasteiger partial charge on any atom is 0.282 e. The Labute approximate surface area is 158 Å². The van der Waals surface area contributed by atoms with E-state index in [1.54, 1.807) is 4.90 Å². The van der Waals surface area contributed by atoms with Crippen molar-refractivity contribution in [2.75, 3.05) is 31.2 Å². The summed E-state index contributed by atoms with van der Waals surface area (Å²) in [6, 6.07) is 8.02. The Hall–Kier alpha value is -3.13. The average Bonchev–Trinajstić information content (AvgIpc) is 2.96. The summed E-state index contributed by atoms with van der Waals surface area (Å²) < 4.78 is 45.6. The highest BCUT2D eigenvalue weighted by molar-refractivity contribution is 6.45. The van der Waals surface area contributed by atoms with Crippen molar-refractivity contribution in [3.63, 3.8) is 0 Å². The van der Waals surface area contributed by atoms with Gasteiger partial charge in [0.25, 0.3) is 11.8 Å². The smallest absolute Gasteiger partial charge is 0.282 e. The standard InChI is InChI=1S/C20H15F3N2O3/c21-13-3-1-12(2-4-13)17-18(24-7-9-28-10-8-24)20(27)25(19(17)26)14-5-6-15(22)16(23)11-14/h1-6,11H,7-10H2. The van der Waals surface area contributed by atoms with Crippen LogP contribution in [0.2, 0.25) is 0 Å². The van der Waals surface area contributed by atoms with E-state index in [9.17, 15) is 22.8 Å². The lowest BCUT2D eigenvalue weighted by atomic mass is 10.0. The quantitative estimate of drug-likeness (QED) is 0.759. The Kier molecular flexibility index (Phi) is 4.64. The Balaban J connectivity index is 1.82. The highest BCUT2D eigenvalue weighted by atomic mass is 19.2. The number of hydrogen-bond donors (Lipinski definition) is 0. The van der Waals surface area contributed by atoms with Gasteiger partial charge >= 0.3 is 0 Å². The van der Waals surface area contributed by atoms with Crippen molar-refractivity contribution in [1.82, 2.24) is 4.90 Å². The Morgan fingerprint density at radius 3 is 2.14 bits per heavy atom. The molecule has 0 spiro atoms. The van der Waals surface area contributed by atoms with Crippen molar-refractivity contribution in [1.29, 1.82) is 0 Å². The second-order valence-corrected chi connectivity index (χ2v) is 6.37. The summed E-state index contributed by atoms with van der Waals surface area (Å²) in [4.78, 5) is 28.8. The first kappa shape index (κ1) is 18.2. The number of carbonyl (C=O) groups excluding carboxylic acids is 2. The van der Waals surface area contributed by atoms with Crippen LogP contribution in [0.4, 0.5) is 18.9 Å². The molecular weight excluding hydrogens is 373 g/mol. The van der Waals surface area contributed by atoms with Crippen LogP contribution < -0.4 is 4.90 Å². The first-order chi connectivity index (χ1) is 13.5. The van der Waals surface area contributed by atoms with Crippen molar-refractivity contribution < 1.29 is 27.5 Å². The molecule has 2 aliphatic rings. The molecular formula is C20H15F3N2O3. The molecule has 2 aromatic rings. The molecule has 2 heterocycles. The molecule has 0 N–H and O–H groups in total. The zero-order valence-electron chi connectivity index (χ0n) is 14.6. The van der Waals surface area contributed by atoms with E-state index in [4.69, 9.17) is 4.74 Å². The number of anilines is 1. The number of ether oxygens (including phenoxy) is 1. The van der Waals surface area contributed by atoms with Gasteiger partial charge in [-0.05, 0) is 29.8 Å². The SMILES string of the molecule is O=C1C(c2ccc(F)cc2)=C(N2CCOCC2)C(=O)N1c1ccc(F)c(F)c1. The van der Waals surface area contributed by atoms with Gasteiger partial charge in [0.2, 0.25) is 0 Å². The number of amides is 2. The minimum Gasteiger partial charge on any atom is -0.378 e. The molecule has 0 atom stereocenters. The number of morpholine rings is 1. The van der Waals surface area contributed by atoms with Crippen molar-refractivity contribution in [3.05, 3.63) is 71.2 Å². The zero-order chi connectivity index (χ0) is 19.8. The second-order valence-electron chi connectivity index (χ2n) is 6.37. The Bertz CT molecular complexity index is 983. The number of rotatable bonds is 3. The molecule has 28 heavy (non-hydrogen) atoms. The molecule has 0 saturated carbocycles. The van der Waals surface area contributed by atoms with E-state index in [0.29, 0.717) is 31.9 Å². The van der Waals surface area contributed by atoms with Gasteiger partial charge < -0.3 is 9.64 Å². The topological polar surface area (TPSA) is 49.9 Å². The van der Waals surface area contributed by atoms with Gasteiger partial charge in [-0.15, -0.1) is 0 Å². The van der Waals surface area contributed by atoms with Gasteiger partial charge in [-0.3, -0.25) is 9.59 Å². The number of nitrogens with zero attached hydrogens (tertiary/aromatic N) is 2. The molecule has 0 bridgehead atoms. The fourth-order valence-corrected chi connectivity index (χ4v) is 3.33. The molecule has 1 saturated heterocycles. The van der Waals surface area contributed by atoms with Crippen LogP contribution in [0.1, 0.15) is 5.56 Å². The van der Waals surface area contributed by atoms with Crippen LogP contribution in [0.25, 0.3) is 5.57 Å². The minimum atomic E-state index is -1.17. The van der Waals surface area contributed by atoms with Gasteiger partial charge in [0, 0.05) is 19.2 Å². The molecule has 144 valence electrons. The van der Waals surface area contributed by atoms with Crippen LogP contribution in [0.15, 0.2) is 48.2 Å². The Morgan fingerprint density at radius 2 is 1.50 bits per heavy atom. The second kappa shape index (κ2) is 7.12. The Morgan fingerprint density at radius 1 is 0.821 bits per heavy atom. The van der Waals surface area contributed by atoms with E-state index in [0.717, 1.165) is 17.0 Å². The van der Waals surface area contributed by atoms with Crippen LogP contribution in [-0.2, 0) is 14.3 Å². The fourth-order valence-electron chi connectivity index (χ4n) is 3.33. The highest BCUT2D eigenvalue weighted by Crippen LogP contribution is 2.35. The zero-order valence-corrected chi connectivity index (χ0v) is 14.6. The van der Waals surface area contributed by atoms with Crippen LogP contribution in [0, 0.1) is 17.5 Å². The van der Waals surface area contributed by atoms with E-state index < -0.39 is 29.3 Å². The summed E-state index contributed by atoms with van der Waals surface area (Å²) in [5.74, 6) is -4.04. The molecule has 2 amide bonds. The van der Waals surface area contributed by atoms with E-state index >= 15 is 0 Å². The predicted molar refractivity (Wildman–Crippen MR) is 94.6 cm³/mol. The van der Waals surface area contributed by atoms with Gasteiger partial charge in [0.05, 0.1) is 24.5 Å². The fraction of sp³-hybridized carbons (Fsp3) is 0.200. The van der Waals surface area contributed by atoms with Crippen LogP contribution in [-0.4, -0.2) is 43.0 Å². The van der Waals surface area contributed by atoms with Gasteiger partial charge in [-0.25, -0.2) is 18.1 Å². The van der Waals surface area contributed by atoms with Gasteiger partial charge in [-0.2, -0.15) is 0 Å². The maximum absolute atomic E-state index is 13.7. The molecule has 0 aliphatic carbocycles. The molecule has 0 aromatic heterocycles. The number of halogens is 3. The molecule has 4 rings (SSSR count). The lowest BCUT2D eigenvalue weighted by Gasteiger charge is -2.29. The maximum atomic E-state index is 13.7. The predicted octanol–water partition coefficient (Wildman–Crippen LogP) is 2.72. The van der Waals surface area contributed by atoms with E-state index in [-0.39, 0.29) is 17.0 Å². The third-order valence-corrected chi connectivity index (χ3v) is 4.68. The monoisotopic (exact) mass is 388 g/mol. The molecule has 0 unspecified atom stereocenters. The number of imide groups is 1. The summed E-state index contributed by atoms with van der Waals surface area (Å²) in [5, 5.41) is 0. The van der Waals surface area contributed by atoms with Crippen molar-refractivity contribution >= 4 is 23.1 Å². The summed E-state index contributed by atoms with van der Waals surface area (Å²) in [6.07, 6.45) is 0. The lowest BCUT2D eigenvalue weighted by molar-refractivity contribution is -0.121. The summed E-state index contributed by atoms with van der Waals surface area (Å²) in [5.41, 5.74) is 0.532. The molecule has 2 aromatic carbocycles. The molecule has 1 fully saturated rings. The van der Waals surface area contributed by atoms with Crippen molar-refractivity contribution in [2.45, 2.75) is 0 Å². The van der Waals surface area contributed by atoms with Gasteiger partial charge in [0.15, 0.2) is 11.6 Å². The highest BCUT2D eigenvalue weighted by Gasteiger charge is 2.43. The largest absolute Gasteiger partial charge is 0.378 e. The third-order valence-electron chi connectivity index (χ3n) is 4.68. The molecule has 0 radical (unpaired) electrons. The first-order valence-corrected chi connectivity index (χ1v) is 8.64. The van der Waals surface area contributed by atoms with Crippen molar-refractivity contribution in [2.24, 2.45) is 0 Å². The number of carbonyl (C=O) groups is 2. The normalized spacial score (nSPS) is 17.7. The number of benzene rings is 2. The number of hydrogen-bond acceptors (Lipinski definition) is 4. The van der Waals surface area contributed by atoms with Crippen LogP contribution in [0.5, 0.6) is 0 Å². The van der Waals surface area contributed by atoms with Crippen LogP contribution in [0.3, 0.4) is 0 Å². The summed E-state index contributed by atoms with van der Waals surface area (Å²) in [6.45, 7) is 1.55. The molecule has 8 heteroatoms. The lowest BCUT2D eigenvalue weighted by Crippen LogP contribution is -2.40. The first-order valence-electron chi connectivity index (χ1n) is 8.64. The third kappa shape index (κ3) is 3.05. The van der Waals surface area contributed by atoms with Crippen molar-refractivity contribution in [3.8, 4) is 0 Å². The molecule has 5 nitrogen and oxygen atoms in total. The van der Waals surface area contributed by atoms with E-state index in [2.05, 4.69) is 0 Å². The van der Waals surface area contributed by atoms with Crippen LogP contribution >= 0.6 is 0 Å². The minimum absolute atomic E-state index is 0.0724. The molecule has 2 aliphatic heterocycles. The van der Waals surface area contributed by atoms with Gasteiger partial charge in [0.1, 0.15) is 11.5 Å².